The van der Waals surface area contributed by atoms with E-state index in [0.29, 0.717) is 25.7 Å². The van der Waals surface area contributed by atoms with Crippen molar-refractivity contribution >= 4 is 126 Å². The van der Waals surface area contributed by atoms with Gasteiger partial charge in [0.1, 0.15) is 51.9 Å². The van der Waals surface area contributed by atoms with E-state index in [4.69, 9.17) is 0 Å². The van der Waals surface area contributed by atoms with Crippen LogP contribution in [0.1, 0.15) is 79.5 Å². The Kier molecular flexibility index (Phi) is 13.9. The van der Waals surface area contributed by atoms with Gasteiger partial charge in [0.2, 0.25) is 0 Å². The highest BCUT2D eigenvalue weighted by Gasteiger charge is 2.31. The van der Waals surface area contributed by atoms with Crippen molar-refractivity contribution in [2.75, 3.05) is 31.9 Å². The fourth-order valence-corrected chi connectivity index (χ4v) is 12.1. The third-order valence-corrected chi connectivity index (χ3v) is 16.5. The molecule has 0 unspecified atom stereocenters. The number of aromatic nitrogens is 2. The molecule has 2 aliphatic rings. The molecule has 6 amide bonds. The Hall–Kier alpha value is -8.81. The molecule has 25 nitrogen and oxygen atoms in total. The van der Waals surface area contributed by atoms with Crippen LogP contribution in [0.4, 0.5) is 38.9 Å². The van der Waals surface area contributed by atoms with Crippen LogP contribution in [0.5, 0.6) is 0 Å². The summed E-state index contributed by atoms with van der Waals surface area (Å²) in [5.41, 5.74) is -0.302. The number of anilines is 6. The summed E-state index contributed by atoms with van der Waals surface area (Å²) >= 11 is 0. The highest BCUT2D eigenvalue weighted by atomic mass is 32.2. The minimum absolute atomic E-state index is 0.0369. The number of carbonyl (C=O) groups is 5. The summed E-state index contributed by atoms with van der Waals surface area (Å²) in [5.74, 6) is -3.11. The van der Waals surface area contributed by atoms with Gasteiger partial charge < -0.3 is 59.2 Å². The zero-order chi connectivity index (χ0) is 57.2. The van der Waals surface area contributed by atoms with Crippen LogP contribution >= 0.6 is 0 Å². The lowest BCUT2D eigenvalue weighted by Gasteiger charge is -2.19. The molecule has 412 valence electrons. The zero-order valence-electron chi connectivity index (χ0n) is 40.7. The Morgan fingerprint density at radius 3 is 1.11 bits per heavy atom. The number of hydrogen-bond donors (Lipinski definition) is 6. The molecule has 2 fully saturated rings. The normalized spacial score (nSPS) is 13.8. The Labute approximate surface area is 454 Å². The molecule has 10 rings (SSSR count). The quantitative estimate of drug-likeness (QED) is 0.0559. The van der Waals surface area contributed by atoms with E-state index >= 15 is 0 Å². The monoisotopic (exact) mass is 1160 g/mol. The number of urea groups is 1. The molecule has 6 N–H and O–H groups in total. The third kappa shape index (κ3) is 11.5. The van der Waals surface area contributed by atoms with E-state index in [1.165, 1.54) is 73.1 Å². The second-order valence-corrected chi connectivity index (χ2v) is 23.8. The van der Waals surface area contributed by atoms with Crippen molar-refractivity contribution in [2.24, 2.45) is 0 Å². The summed E-state index contributed by atoms with van der Waals surface area (Å²) in [6.45, 7) is 0. The lowest BCUT2D eigenvalue weighted by atomic mass is 10.1. The molecular weight excluding hydrogens is 1120 g/mol. The fraction of sp³-hybridized carbons (Fsp3) is 0.118. The van der Waals surface area contributed by atoms with Gasteiger partial charge in [-0.3, -0.25) is 19.2 Å². The number of nitrogens with one attached hydrogen (secondary N) is 6. The number of carbonyl (C=O) groups excluding carboxylic acids is 5. The average Bonchev–Trinajstić information content (AvgIpc) is 4.43. The van der Waals surface area contributed by atoms with E-state index in [0.717, 1.165) is 60.7 Å². The molecule has 0 bridgehead atoms. The summed E-state index contributed by atoms with van der Waals surface area (Å²) in [7, 11) is -20.9. The van der Waals surface area contributed by atoms with E-state index in [1.54, 1.807) is 9.13 Å². The van der Waals surface area contributed by atoms with Crippen LogP contribution < -0.4 is 31.9 Å². The number of nitrogens with zero attached hydrogens (tertiary/aromatic N) is 2. The van der Waals surface area contributed by atoms with Gasteiger partial charge in [0.05, 0.1) is 42.3 Å². The number of benzene rings is 6. The highest BCUT2D eigenvalue weighted by molar-refractivity contribution is 7.87. The van der Waals surface area contributed by atoms with Gasteiger partial charge in [-0.2, -0.15) is 0 Å². The molecule has 2 heterocycles. The van der Waals surface area contributed by atoms with Gasteiger partial charge in [-0.1, -0.05) is 48.5 Å². The number of rotatable bonds is 16. The Morgan fingerprint density at radius 2 is 0.762 bits per heavy atom. The molecule has 29 heteroatoms. The number of fused-ring (bicyclic) bond motifs is 2. The van der Waals surface area contributed by atoms with E-state index in [-0.39, 0.29) is 68.1 Å². The maximum absolute atomic E-state index is 13.8. The molecular formula is C51H38N8O17S4-4. The standard InChI is InChI=1S/C51H42N8O17S4/c60-47(52-31-23-41(58(25-31)33-13-14-33)49(62)56-39-19-17-35-37(45(39)79(71,72)73)9-3-11-43(35)77(65,66)67)27-5-1-7-29(21-27)54-51(64)55-30-8-2-6-28(22-30)48(61)53-32-24-42(59(26-32)34-15-16-34)50(63)57-40-20-18-36-38(46(40)80(74,75)76)10-4-12-44(36)78(68,69)70/h1-12,17-26,33-34H,13-16H2,(H,52,60)(H,53,61)(H,56,62)(H,57,63)(H2,54,55,64)(H,65,66,67)(H,68,69,70)(H,71,72,73)(H,74,75,76)/p-4. The van der Waals surface area contributed by atoms with Crippen LogP contribution in [-0.2, 0) is 40.5 Å². The first kappa shape index (κ1) is 54.5. The van der Waals surface area contributed by atoms with E-state index in [1.807, 2.05) is 0 Å². The molecule has 8 aromatic rings. The Morgan fingerprint density at radius 1 is 0.388 bits per heavy atom. The molecule has 0 aliphatic heterocycles. The third-order valence-electron chi connectivity index (χ3n) is 12.8. The molecule has 6 aromatic carbocycles. The van der Waals surface area contributed by atoms with Crippen molar-refractivity contribution in [3.63, 3.8) is 0 Å². The molecule has 2 aromatic heterocycles. The van der Waals surface area contributed by atoms with Crippen molar-refractivity contribution in [1.82, 2.24) is 9.13 Å². The lowest BCUT2D eigenvalue weighted by molar-refractivity contribution is 0.101. The van der Waals surface area contributed by atoms with Gasteiger partial charge in [-0.05, 0) is 98.5 Å². The molecule has 0 radical (unpaired) electrons. The van der Waals surface area contributed by atoms with Gasteiger partial charge in [-0.25, -0.2) is 38.5 Å². The summed E-state index contributed by atoms with van der Waals surface area (Å²) in [4.78, 5) is 64.5. The van der Waals surface area contributed by atoms with Gasteiger partial charge >= 0.3 is 6.03 Å². The van der Waals surface area contributed by atoms with Crippen LogP contribution in [0.2, 0.25) is 0 Å². The molecule has 2 saturated carbocycles. The molecule has 0 atom stereocenters. The van der Waals surface area contributed by atoms with Crippen molar-refractivity contribution in [2.45, 2.75) is 57.3 Å². The van der Waals surface area contributed by atoms with E-state index in [2.05, 4.69) is 31.9 Å². The predicted octanol–water partition coefficient (Wildman–Crippen LogP) is 6.54. The molecule has 0 saturated heterocycles. The van der Waals surface area contributed by atoms with Gasteiger partial charge in [0, 0.05) is 68.5 Å². The predicted molar refractivity (Wildman–Crippen MR) is 282 cm³/mol. The average molecular weight is 1160 g/mol. The smallest absolute Gasteiger partial charge is 0.323 e. The molecule has 2 aliphatic carbocycles. The van der Waals surface area contributed by atoms with Gasteiger partial charge in [0.25, 0.3) is 23.6 Å². The summed E-state index contributed by atoms with van der Waals surface area (Å²) in [6.07, 6.45) is 5.61. The second-order valence-electron chi connectivity index (χ2n) is 18.5. The lowest BCUT2D eigenvalue weighted by Crippen LogP contribution is -2.20. The van der Waals surface area contributed by atoms with Crippen molar-refractivity contribution in [1.29, 1.82) is 0 Å². The van der Waals surface area contributed by atoms with Crippen molar-refractivity contribution in [3.05, 3.63) is 156 Å². The minimum Gasteiger partial charge on any atom is -0.744 e. The number of amides is 6. The maximum Gasteiger partial charge on any atom is 0.323 e. The fourth-order valence-electron chi connectivity index (χ4n) is 9.09. The van der Waals surface area contributed by atoms with Crippen LogP contribution in [0, 0.1) is 0 Å². The highest BCUT2D eigenvalue weighted by Crippen LogP contribution is 2.41. The topological polar surface area (TPSA) is 396 Å². The summed E-state index contributed by atoms with van der Waals surface area (Å²) < 4.78 is 150. The van der Waals surface area contributed by atoms with E-state index < -0.39 is 112 Å². The first-order valence-electron chi connectivity index (χ1n) is 23.6. The van der Waals surface area contributed by atoms with Crippen LogP contribution in [0.3, 0.4) is 0 Å². The number of hydrogen-bond acceptors (Lipinski definition) is 17. The first-order valence-corrected chi connectivity index (χ1v) is 29.3. The molecule has 0 spiro atoms. The van der Waals surface area contributed by atoms with Gasteiger partial charge in [0.15, 0.2) is 0 Å². The second kappa shape index (κ2) is 20.4. The maximum atomic E-state index is 13.8. The van der Waals surface area contributed by atoms with Gasteiger partial charge in [-0.15, -0.1) is 0 Å². The zero-order valence-corrected chi connectivity index (χ0v) is 43.9. The first-order chi connectivity index (χ1) is 37.7. The largest absolute Gasteiger partial charge is 0.744 e. The van der Waals surface area contributed by atoms with E-state index in [9.17, 15) is 75.9 Å². The van der Waals surface area contributed by atoms with Crippen LogP contribution in [0.15, 0.2) is 153 Å². The summed E-state index contributed by atoms with van der Waals surface area (Å²) in [5, 5.41) is 13.9. The Balaban J connectivity index is 0.792. The summed E-state index contributed by atoms with van der Waals surface area (Å²) in [6, 6.07) is 23.5. The minimum atomic E-state index is -5.38. The van der Waals surface area contributed by atoms with Crippen molar-refractivity contribution < 1.29 is 75.9 Å². The Bertz CT molecular complexity index is 4180. The van der Waals surface area contributed by atoms with Crippen LogP contribution in [0.25, 0.3) is 21.5 Å². The SMILES string of the molecule is O=C(Nc1cccc(C(=O)Nc2cc(C(=O)Nc3ccc4c(S(=O)(=O)[O-])cccc4c3S(=O)(=O)[O-])n(C3CC3)c2)c1)Nc1cccc(C(=O)Nc2cc(C(=O)Nc3ccc4c(S(=O)(=O)[O-])cccc4c3S(=O)(=O)[O-])n(C3CC3)c2)c1. The van der Waals surface area contributed by atoms with Crippen LogP contribution in [-0.4, -0.2) is 90.7 Å². The van der Waals surface area contributed by atoms with Crippen molar-refractivity contribution in [3.8, 4) is 0 Å². The molecule has 80 heavy (non-hydrogen) atoms.